The smallest absolute Gasteiger partial charge is 0.185 e. The molecule has 14 heavy (non-hydrogen) atoms. The molecule has 1 aliphatic rings. The van der Waals surface area contributed by atoms with E-state index in [-0.39, 0.29) is 0 Å². The third-order valence-corrected chi connectivity index (χ3v) is 3.73. The van der Waals surface area contributed by atoms with Crippen molar-refractivity contribution in [2.24, 2.45) is 0 Å². The largest absolute Gasteiger partial charge is 0.345 e. The Bertz CT molecular complexity index is 297. The molecule has 1 aromatic rings. The Morgan fingerprint density at radius 1 is 1.71 bits per heavy atom. The molecule has 1 atom stereocenters. The van der Waals surface area contributed by atoms with Crippen LogP contribution in [-0.4, -0.2) is 24.6 Å². The van der Waals surface area contributed by atoms with Crippen molar-refractivity contribution in [3.8, 4) is 0 Å². The highest BCUT2D eigenvalue weighted by molar-refractivity contribution is 7.15. The van der Waals surface area contributed by atoms with Crippen LogP contribution in [0.2, 0.25) is 0 Å². The fourth-order valence-corrected chi connectivity index (χ4v) is 2.95. The average Bonchev–Trinajstić information content (AvgIpc) is 2.74. The lowest BCUT2D eigenvalue weighted by atomic mass is 10.2. The van der Waals surface area contributed by atoms with E-state index in [0.717, 1.165) is 6.54 Å². The molecule has 1 aromatic heterocycles. The highest BCUT2D eigenvalue weighted by Crippen LogP contribution is 2.29. The van der Waals surface area contributed by atoms with E-state index in [4.69, 9.17) is 0 Å². The minimum absolute atomic E-state index is 0.670. The van der Waals surface area contributed by atoms with Gasteiger partial charge in [0.15, 0.2) is 5.13 Å². The maximum Gasteiger partial charge on any atom is 0.185 e. The molecule has 0 amide bonds. The first kappa shape index (κ1) is 9.93. The van der Waals surface area contributed by atoms with E-state index in [1.165, 1.54) is 29.4 Å². The molecular weight excluding hydrogens is 194 g/mol. The molecule has 1 saturated heterocycles. The van der Waals surface area contributed by atoms with Gasteiger partial charge in [-0.2, -0.15) is 0 Å². The minimum atomic E-state index is 0.670. The summed E-state index contributed by atoms with van der Waals surface area (Å²) in [5, 5.41) is 4.35. The molecule has 0 spiro atoms. The van der Waals surface area contributed by atoms with E-state index < -0.39 is 0 Å². The van der Waals surface area contributed by atoms with E-state index in [2.05, 4.69) is 22.1 Å². The molecule has 0 aromatic carbocycles. The van der Waals surface area contributed by atoms with Crippen molar-refractivity contribution in [1.82, 2.24) is 10.3 Å². The van der Waals surface area contributed by atoms with Crippen LogP contribution in [0.3, 0.4) is 0 Å². The fourth-order valence-electron chi connectivity index (χ4n) is 1.90. The van der Waals surface area contributed by atoms with Crippen molar-refractivity contribution >= 4 is 16.5 Å². The molecule has 1 unspecified atom stereocenters. The summed E-state index contributed by atoms with van der Waals surface area (Å²) >= 11 is 1.81. The fraction of sp³-hybridized carbons (Fsp3) is 0.700. The molecule has 78 valence electrons. The minimum Gasteiger partial charge on any atom is -0.345 e. The van der Waals surface area contributed by atoms with Crippen LogP contribution >= 0.6 is 11.3 Å². The summed E-state index contributed by atoms with van der Waals surface area (Å²) in [6, 6.07) is 0.670. The van der Waals surface area contributed by atoms with Gasteiger partial charge in [-0.25, -0.2) is 4.98 Å². The van der Waals surface area contributed by atoms with E-state index in [1.807, 2.05) is 24.6 Å². The average molecular weight is 211 g/mol. The predicted octanol–water partition coefficient (Wildman–Crippen LogP) is 1.85. The van der Waals surface area contributed by atoms with Gasteiger partial charge in [0.05, 0.1) is 0 Å². The zero-order chi connectivity index (χ0) is 9.97. The predicted molar refractivity (Wildman–Crippen MR) is 60.9 cm³/mol. The highest BCUT2D eigenvalue weighted by atomic mass is 32.1. The second-order valence-electron chi connectivity index (χ2n) is 3.82. The van der Waals surface area contributed by atoms with Gasteiger partial charge in [0.1, 0.15) is 0 Å². The standard InChI is InChI=1S/C10H17N3S/c1-8-4-3-5-13(8)10-12-7-9(14-10)6-11-2/h7-8,11H,3-6H2,1-2H3. The van der Waals surface area contributed by atoms with Gasteiger partial charge in [0.25, 0.3) is 0 Å². The Morgan fingerprint density at radius 2 is 2.57 bits per heavy atom. The summed E-state index contributed by atoms with van der Waals surface area (Å²) in [4.78, 5) is 8.21. The Hall–Kier alpha value is -0.610. The third kappa shape index (κ3) is 1.91. The number of hydrogen-bond acceptors (Lipinski definition) is 4. The second kappa shape index (κ2) is 4.28. The number of aromatic nitrogens is 1. The molecule has 2 heterocycles. The lowest BCUT2D eigenvalue weighted by Gasteiger charge is -2.19. The number of rotatable bonds is 3. The van der Waals surface area contributed by atoms with Gasteiger partial charge in [-0.05, 0) is 26.8 Å². The van der Waals surface area contributed by atoms with E-state index in [0.29, 0.717) is 6.04 Å². The first-order chi connectivity index (χ1) is 6.81. The summed E-state index contributed by atoms with van der Waals surface area (Å²) < 4.78 is 0. The second-order valence-corrected chi connectivity index (χ2v) is 4.92. The molecule has 4 heteroatoms. The Kier molecular flexibility index (Phi) is 3.03. The third-order valence-electron chi connectivity index (χ3n) is 2.69. The van der Waals surface area contributed by atoms with Crippen LogP contribution < -0.4 is 10.2 Å². The van der Waals surface area contributed by atoms with Crippen LogP contribution in [0.4, 0.5) is 5.13 Å². The topological polar surface area (TPSA) is 28.2 Å². The van der Waals surface area contributed by atoms with E-state index in [1.54, 1.807) is 0 Å². The molecule has 1 N–H and O–H groups in total. The van der Waals surface area contributed by atoms with Crippen LogP contribution in [0.5, 0.6) is 0 Å². The first-order valence-corrected chi connectivity index (χ1v) is 5.99. The normalized spacial score (nSPS) is 21.9. The van der Waals surface area contributed by atoms with Gasteiger partial charge in [0.2, 0.25) is 0 Å². The van der Waals surface area contributed by atoms with Crippen molar-refractivity contribution in [2.75, 3.05) is 18.5 Å². The summed E-state index contributed by atoms with van der Waals surface area (Å²) in [6.45, 7) is 4.39. The maximum atomic E-state index is 4.47. The van der Waals surface area contributed by atoms with Crippen molar-refractivity contribution in [3.05, 3.63) is 11.1 Å². The van der Waals surface area contributed by atoms with Crippen molar-refractivity contribution < 1.29 is 0 Å². The molecule has 0 bridgehead atoms. The molecule has 0 radical (unpaired) electrons. The quantitative estimate of drug-likeness (QED) is 0.827. The SMILES string of the molecule is CNCc1cnc(N2CCCC2C)s1. The number of nitrogens with one attached hydrogen (secondary N) is 1. The number of nitrogens with zero attached hydrogens (tertiary/aromatic N) is 2. The van der Waals surface area contributed by atoms with Crippen LogP contribution in [-0.2, 0) is 6.54 Å². The monoisotopic (exact) mass is 211 g/mol. The van der Waals surface area contributed by atoms with Gasteiger partial charge in [-0.3, -0.25) is 0 Å². The Labute approximate surface area is 89.1 Å². The van der Waals surface area contributed by atoms with Crippen molar-refractivity contribution in [3.63, 3.8) is 0 Å². The summed E-state index contributed by atoms with van der Waals surface area (Å²) in [7, 11) is 1.97. The van der Waals surface area contributed by atoms with Crippen molar-refractivity contribution in [1.29, 1.82) is 0 Å². The summed E-state index contributed by atoms with van der Waals surface area (Å²) in [5.41, 5.74) is 0. The van der Waals surface area contributed by atoms with Gasteiger partial charge in [0, 0.05) is 30.2 Å². The van der Waals surface area contributed by atoms with Gasteiger partial charge in [-0.1, -0.05) is 0 Å². The summed E-state index contributed by atoms with van der Waals surface area (Å²) in [5.74, 6) is 0. The Balaban J connectivity index is 2.08. The molecule has 2 rings (SSSR count). The van der Waals surface area contributed by atoms with Crippen molar-refractivity contribution in [2.45, 2.75) is 32.4 Å². The van der Waals surface area contributed by atoms with Gasteiger partial charge in [-0.15, -0.1) is 11.3 Å². The lowest BCUT2D eigenvalue weighted by Crippen LogP contribution is -2.25. The van der Waals surface area contributed by atoms with Crippen LogP contribution in [0.1, 0.15) is 24.6 Å². The zero-order valence-corrected chi connectivity index (χ0v) is 9.60. The summed E-state index contributed by atoms with van der Waals surface area (Å²) in [6.07, 6.45) is 4.60. The van der Waals surface area contributed by atoms with Crippen LogP contribution in [0.25, 0.3) is 0 Å². The first-order valence-electron chi connectivity index (χ1n) is 5.17. The molecule has 1 fully saturated rings. The molecular formula is C10H17N3S. The molecule has 0 aliphatic carbocycles. The van der Waals surface area contributed by atoms with Crippen LogP contribution in [0.15, 0.2) is 6.20 Å². The number of hydrogen-bond donors (Lipinski definition) is 1. The molecule has 3 nitrogen and oxygen atoms in total. The van der Waals surface area contributed by atoms with E-state index in [9.17, 15) is 0 Å². The lowest BCUT2D eigenvalue weighted by molar-refractivity contribution is 0.733. The zero-order valence-electron chi connectivity index (χ0n) is 8.79. The van der Waals surface area contributed by atoms with Crippen LogP contribution in [0, 0.1) is 0 Å². The van der Waals surface area contributed by atoms with Gasteiger partial charge >= 0.3 is 0 Å². The van der Waals surface area contributed by atoms with Gasteiger partial charge < -0.3 is 10.2 Å². The highest BCUT2D eigenvalue weighted by Gasteiger charge is 2.22. The molecule has 1 aliphatic heterocycles. The maximum absolute atomic E-state index is 4.47. The Morgan fingerprint density at radius 3 is 3.21 bits per heavy atom. The molecule has 0 saturated carbocycles. The number of thiazole rings is 1. The number of anilines is 1. The van der Waals surface area contributed by atoms with E-state index >= 15 is 0 Å².